The van der Waals surface area contributed by atoms with Gasteiger partial charge >= 0.3 is 5.69 Å². The molecule has 0 fully saturated rings. The predicted molar refractivity (Wildman–Crippen MR) is 107 cm³/mol. The molecule has 0 bridgehead atoms. The highest BCUT2D eigenvalue weighted by Crippen LogP contribution is 2.31. The van der Waals surface area contributed by atoms with Gasteiger partial charge in [-0.2, -0.15) is 0 Å². The van der Waals surface area contributed by atoms with Crippen LogP contribution < -0.4 is 11.2 Å². The molecule has 0 aliphatic rings. The van der Waals surface area contributed by atoms with Crippen molar-refractivity contribution in [3.63, 3.8) is 0 Å². The van der Waals surface area contributed by atoms with Crippen molar-refractivity contribution in [2.45, 2.75) is 36.8 Å². The average molecular weight is 369 g/mol. The Morgan fingerprint density at radius 3 is 2.50 bits per heavy atom. The van der Waals surface area contributed by atoms with Gasteiger partial charge in [0.1, 0.15) is 5.65 Å². The van der Waals surface area contributed by atoms with Crippen molar-refractivity contribution >= 4 is 22.8 Å². The number of fused-ring (bicyclic) bond motifs is 1. The van der Waals surface area contributed by atoms with Gasteiger partial charge < -0.3 is 0 Å². The molecule has 2 aromatic heterocycles. The van der Waals surface area contributed by atoms with Gasteiger partial charge in [0, 0.05) is 30.9 Å². The van der Waals surface area contributed by atoms with Crippen molar-refractivity contribution < 1.29 is 0 Å². The number of nitrogens with zero attached hydrogens (tertiary/aromatic N) is 3. The average Bonchev–Trinajstić information content (AvgIpc) is 2.68. The molecule has 0 N–H and O–H groups in total. The Kier molecular flexibility index (Phi) is 5.61. The van der Waals surface area contributed by atoms with Gasteiger partial charge in [-0.05, 0) is 24.0 Å². The molecule has 0 aliphatic heterocycles. The van der Waals surface area contributed by atoms with E-state index in [4.69, 9.17) is 0 Å². The van der Waals surface area contributed by atoms with E-state index in [2.05, 4.69) is 24.0 Å². The summed E-state index contributed by atoms with van der Waals surface area (Å²) in [5.41, 5.74) is 2.11. The van der Waals surface area contributed by atoms with Gasteiger partial charge in [-0.25, -0.2) is 9.78 Å². The first-order valence-electron chi connectivity index (χ1n) is 8.79. The fourth-order valence-electron chi connectivity index (χ4n) is 2.98. The van der Waals surface area contributed by atoms with Crippen molar-refractivity contribution in [3.05, 3.63) is 68.5 Å². The second-order valence-electron chi connectivity index (χ2n) is 6.39. The van der Waals surface area contributed by atoms with E-state index in [1.54, 1.807) is 18.8 Å². The fourth-order valence-corrected chi connectivity index (χ4v) is 4.15. The number of aromatic nitrogens is 3. The van der Waals surface area contributed by atoms with Crippen LogP contribution in [0.3, 0.4) is 0 Å². The molecule has 0 radical (unpaired) electrons. The summed E-state index contributed by atoms with van der Waals surface area (Å²) in [5.74, 6) is 0.769. The quantitative estimate of drug-likeness (QED) is 0.626. The van der Waals surface area contributed by atoms with Crippen LogP contribution in [0.25, 0.3) is 11.0 Å². The summed E-state index contributed by atoms with van der Waals surface area (Å²) < 4.78 is 2.62. The minimum Gasteiger partial charge on any atom is -0.280 e. The summed E-state index contributed by atoms with van der Waals surface area (Å²) in [6, 6.07) is 10.2. The Morgan fingerprint density at radius 2 is 1.81 bits per heavy atom. The van der Waals surface area contributed by atoms with Crippen LogP contribution in [0.15, 0.2) is 51.0 Å². The zero-order valence-electron chi connectivity index (χ0n) is 15.4. The largest absolute Gasteiger partial charge is 0.332 e. The molecule has 5 nitrogen and oxygen atoms in total. The molecule has 2 heterocycles. The summed E-state index contributed by atoms with van der Waals surface area (Å²) >= 11 is 1.65. The second-order valence-corrected chi connectivity index (χ2v) is 7.38. The molecule has 136 valence electrons. The molecule has 0 unspecified atom stereocenters. The highest BCUT2D eigenvalue weighted by atomic mass is 32.2. The van der Waals surface area contributed by atoms with E-state index < -0.39 is 0 Å². The topological polar surface area (TPSA) is 56.9 Å². The van der Waals surface area contributed by atoms with Crippen LogP contribution in [0, 0.1) is 0 Å². The maximum absolute atomic E-state index is 12.9. The third-order valence-corrected chi connectivity index (χ3v) is 5.75. The molecule has 26 heavy (non-hydrogen) atoms. The van der Waals surface area contributed by atoms with Crippen molar-refractivity contribution in [3.8, 4) is 0 Å². The van der Waals surface area contributed by atoms with Crippen molar-refractivity contribution in [2.75, 3.05) is 0 Å². The molecule has 0 amide bonds. The van der Waals surface area contributed by atoms with Gasteiger partial charge in [0.2, 0.25) is 0 Å². The molecule has 0 spiro atoms. The van der Waals surface area contributed by atoms with Crippen LogP contribution in [0.4, 0.5) is 0 Å². The molecule has 3 aromatic rings. The Bertz CT molecular complexity index is 1040. The fraction of sp³-hybridized carbons (Fsp3) is 0.350. The third-order valence-electron chi connectivity index (χ3n) is 4.52. The molecule has 0 saturated heterocycles. The second kappa shape index (κ2) is 7.91. The standard InChI is InChI=1S/C20H23N3O2S/c1-4-5-11-15-12-21-18-16(19(24)23(3)20(25)22(18)2)17(15)26-13-14-9-7-6-8-10-14/h6-10,12H,4-5,11,13H2,1-3H3. The van der Waals surface area contributed by atoms with Gasteiger partial charge in [-0.1, -0.05) is 43.7 Å². The van der Waals surface area contributed by atoms with E-state index in [9.17, 15) is 9.59 Å². The Balaban J connectivity index is 2.18. The van der Waals surface area contributed by atoms with E-state index in [-0.39, 0.29) is 11.2 Å². The first kappa shape index (κ1) is 18.5. The summed E-state index contributed by atoms with van der Waals surface area (Å²) in [7, 11) is 3.18. The summed E-state index contributed by atoms with van der Waals surface area (Å²) in [6.45, 7) is 2.15. The van der Waals surface area contributed by atoms with Gasteiger partial charge in [-0.15, -0.1) is 11.8 Å². The Labute approximate surface area is 156 Å². The Hall–Kier alpha value is -2.34. The minimum absolute atomic E-state index is 0.274. The first-order chi connectivity index (χ1) is 12.5. The van der Waals surface area contributed by atoms with Crippen molar-refractivity contribution in [1.82, 2.24) is 14.1 Å². The van der Waals surface area contributed by atoms with E-state index in [1.165, 1.54) is 21.7 Å². The SMILES string of the molecule is CCCCc1cnc2c(c1SCc1ccccc1)c(=O)n(C)c(=O)n2C. The zero-order valence-corrected chi connectivity index (χ0v) is 16.2. The Morgan fingerprint density at radius 1 is 1.08 bits per heavy atom. The number of rotatable bonds is 6. The zero-order chi connectivity index (χ0) is 18.7. The van der Waals surface area contributed by atoms with E-state index in [0.29, 0.717) is 11.0 Å². The lowest BCUT2D eigenvalue weighted by molar-refractivity contribution is 0.703. The molecule has 0 saturated carbocycles. The first-order valence-corrected chi connectivity index (χ1v) is 9.77. The van der Waals surface area contributed by atoms with Crippen LogP contribution in [0.2, 0.25) is 0 Å². The lowest BCUT2D eigenvalue weighted by Crippen LogP contribution is -2.37. The maximum Gasteiger partial charge on any atom is 0.332 e. The molecule has 0 aliphatic carbocycles. The van der Waals surface area contributed by atoms with E-state index in [1.807, 2.05) is 24.4 Å². The molecular weight excluding hydrogens is 346 g/mol. The lowest BCUT2D eigenvalue weighted by atomic mass is 10.1. The molecule has 1 aromatic carbocycles. The van der Waals surface area contributed by atoms with Crippen LogP contribution in [-0.4, -0.2) is 14.1 Å². The van der Waals surface area contributed by atoms with Crippen LogP contribution in [-0.2, 0) is 26.3 Å². The minimum atomic E-state index is -0.352. The van der Waals surface area contributed by atoms with E-state index in [0.717, 1.165) is 35.5 Å². The number of thioether (sulfide) groups is 1. The molecule has 3 rings (SSSR count). The van der Waals surface area contributed by atoms with Gasteiger partial charge in [0.05, 0.1) is 5.39 Å². The number of hydrogen-bond donors (Lipinski definition) is 0. The lowest BCUT2D eigenvalue weighted by Gasteiger charge is -2.14. The van der Waals surface area contributed by atoms with Crippen LogP contribution in [0.1, 0.15) is 30.9 Å². The van der Waals surface area contributed by atoms with Crippen LogP contribution >= 0.6 is 11.8 Å². The van der Waals surface area contributed by atoms with Gasteiger partial charge in [0.25, 0.3) is 5.56 Å². The number of unbranched alkanes of at least 4 members (excludes halogenated alkanes) is 1. The van der Waals surface area contributed by atoms with Crippen molar-refractivity contribution in [1.29, 1.82) is 0 Å². The highest BCUT2D eigenvalue weighted by Gasteiger charge is 2.17. The molecular formula is C20H23N3O2S. The maximum atomic E-state index is 12.9. The van der Waals surface area contributed by atoms with Gasteiger partial charge in [0.15, 0.2) is 0 Å². The van der Waals surface area contributed by atoms with Crippen LogP contribution in [0.5, 0.6) is 0 Å². The number of pyridine rings is 1. The number of benzene rings is 1. The van der Waals surface area contributed by atoms with Crippen molar-refractivity contribution in [2.24, 2.45) is 14.1 Å². The van der Waals surface area contributed by atoms with E-state index >= 15 is 0 Å². The summed E-state index contributed by atoms with van der Waals surface area (Å²) in [5, 5.41) is 0.545. The monoisotopic (exact) mass is 369 g/mol. The number of aryl methyl sites for hydroxylation is 2. The molecule has 0 atom stereocenters. The predicted octanol–water partition coefficient (Wildman–Crippen LogP) is 3.27. The smallest absolute Gasteiger partial charge is 0.280 e. The third kappa shape index (κ3) is 3.46. The van der Waals surface area contributed by atoms with Gasteiger partial charge in [-0.3, -0.25) is 13.9 Å². The number of hydrogen-bond acceptors (Lipinski definition) is 4. The normalized spacial score (nSPS) is 11.2. The molecule has 6 heteroatoms. The highest BCUT2D eigenvalue weighted by molar-refractivity contribution is 7.98. The summed E-state index contributed by atoms with van der Waals surface area (Å²) in [6.07, 6.45) is 4.82. The summed E-state index contributed by atoms with van der Waals surface area (Å²) in [4.78, 5) is 30.5.